The van der Waals surface area contributed by atoms with Crippen LogP contribution in [-0.2, 0) is 0 Å². The second-order valence-electron chi connectivity index (χ2n) is 5.61. The topological polar surface area (TPSA) is 70.8 Å². The van der Waals surface area contributed by atoms with Gasteiger partial charge in [0, 0.05) is 22.9 Å². The summed E-state index contributed by atoms with van der Waals surface area (Å²) in [7, 11) is 0. The van der Waals surface area contributed by atoms with Crippen molar-refractivity contribution in [3.8, 4) is 6.07 Å². The monoisotopic (exact) mass is 326 g/mol. The quantitative estimate of drug-likeness (QED) is 0.685. The normalized spacial score (nSPS) is 10.1. The summed E-state index contributed by atoms with van der Waals surface area (Å²) in [4.78, 5) is 29.8. The third kappa shape index (κ3) is 3.36. The van der Waals surface area contributed by atoms with Crippen LogP contribution in [0, 0.1) is 18.3 Å². The molecule has 0 aliphatic carbocycles. The lowest BCUT2D eigenvalue weighted by Crippen LogP contribution is -2.12. The molecule has 0 fully saturated rings. The lowest BCUT2D eigenvalue weighted by atomic mass is 9.93. The van der Waals surface area contributed by atoms with Gasteiger partial charge in [0.25, 0.3) is 0 Å². The van der Waals surface area contributed by atoms with Crippen LogP contribution in [0.1, 0.15) is 43.1 Å². The van der Waals surface area contributed by atoms with Gasteiger partial charge in [-0.3, -0.25) is 14.6 Å². The van der Waals surface area contributed by atoms with Gasteiger partial charge in [-0.15, -0.1) is 0 Å². The molecule has 0 bridgehead atoms. The Bertz CT molecular complexity index is 1000. The summed E-state index contributed by atoms with van der Waals surface area (Å²) in [6.45, 7) is 1.85. The number of pyridine rings is 1. The van der Waals surface area contributed by atoms with E-state index in [1.54, 1.807) is 42.5 Å². The van der Waals surface area contributed by atoms with Crippen molar-refractivity contribution in [2.75, 3.05) is 0 Å². The number of rotatable bonds is 4. The van der Waals surface area contributed by atoms with Crippen LogP contribution >= 0.6 is 0 Å². The van der Waals surface area contributed by atoms with E-state index in [9.17, 15) is 9.59 Å². The van der Waals surface area contributed by atoms with Crippen LogP contribution < -0.4 is 0 Å². The predicted octanol–water partition coefficient (Wildman–Crippen LogP) is 3.72. The van der Waals surface area contributed by atoms with E-state index in [-0.39, 0.29) is 22.8 Å². The molecule has 4 heteroatoms. The van der Waals surface area contributed by atoms with Gasteiger partial charge in [0.1, 0.15) is 5.69 Å². The van der Waals surface area contributed by atoms with Crippen molar-refractivity contribution in [3.63, 3.8) is 0 Å². The van der Waals surface area contributed by atoms with Gasteiger partial charge in [-0.1, -0.05) is 48.0 Å². The molecule has 0 saturated carbocycles. The average molecular weight is 326 g/mol. The van der Waals surface area contributed by atoms with E-state index < -0.39 is 0 Å². The minimum atomic E-state index is -0.375. The zero-order valence-electron chi connectivity index (χ0n) is 13.6. The molecule has 0 aliphatic rings. The highest BCUT2D eigenvalue weighted by Gasteiger charge is 2.20. The van der Waals surface area contributed by atoms with Crippen LogP contribution in [0.3, 0.4) is 0 Å². The first-order valence-electron chi connectivity index (χ1n) is 7.71. The smallest absolute Gasteiger partial charge is 0.212 e. The van der Waals surface area contributed by atoms with E-state index in [0.29, 0.717) is 16.7 Å². The molecule has 0 unspecified atom stereocenters. The number of nitriles is 1. The van der Waals surface area contributed by atoms with E-state index in [4.69, 9.17) is 5.26 Å². The fourth-order valence-electron chi connectivity index (χ4n) is 2.55. The van der Waals surface area contributed by atoms with E-state index >= 15 is 0 Å². The summed E-state index contributed by atoms with van der Waals surface area (Å²) >= 11 is 0. The fraction of sp³-hybridized carbons (Fsp3) is 0.0476. The Morgan fingerprint density at radius 1 is 0.920 bits per heavy atom. The van der Waals surface area contributed by atoms with E-state index in [1.807, 2.05) is 19.1 Å². The molecule has 0 radical (unpaired) electrons. The molecular formula is C21H14N2O2. The molecule has 3 rings (SSSR count). The molecule has 1 heterocycles. The van der Waals surface area contributed by atoms with Gasteiger partial charge in [-0.2, -0.15) is 5.26 Å². The molecule has 0 amide bonds. The third-order valence-corrected chi connectivity index (χ3v) is 3.82. The van der Waals surface area contributed by atoms with Crippen LogP contribution in [0.5, 0.6) is 0 Å². The molecule has 3 aromatic rings. The molecule has 0 aliphatic heterocycles. The van der Waals surface area contributed by atoms with Crippen LogP contribution in [0.25, 0.3) is 0 Å². The summed E-state index contributed by atoms with van der Waals surface area (Å²) in [5.74, 6) is -0.597. The Labute approximate surface area is 145 Å². The Kier molecular flexibility index (Phi) is 4.49. The van der Waals surface area contributed by atoms with Gasteiger partial charge in [0.15, 0.2) is 5.78 Å². The van der Waals surface area contributed by atoms with Crippen LogP contribution in [-0.4, -0.2) is 16.6 Å². The number of aryl methyl sites for hydroxylation is 1. The zero-order valence-corrected chi connectivity index (χ0v) is 13.6. The first kappa shape index (κ1) is 16.3. The van der Waals surface area contributed by atoms with Crippen molar-refractivity contribution < 1.29 is 9.59 Å². The second-order valence-corrected chi connectivity index (χ2v) is 5.61. The number of carbonyl (C=O) groups is 2. The maximum absolute atomic E-state index is 12.9. The summed E-state index contributed by atoms with van der Waals surface area (Å²) in [6.07, 6.45) is 1.42. The number of hydrogen-bond donors (Lipinski definition) is 0. The van der Waals surface area contributed by atoms with Gasteiger partial charge in [0.05, 0.1) is 11.6 Å². The number of nitrogens with zero attached hydrogens (tertiary/aromatic N) is 2. The Hall–Kier alpha value is -3.58. The molecular weight excluding hydrogens is 312 g/mol. The van der Waals surface area contributed by atoms with Gasteiger partial charge in [-0.05, 0) is 25.1 Å². The number of ketones is 2. The second kappa shape index (κ2) is 6.90. The lowest BCUT2D eigenvalue weighted by Gasteiger charge is -2.09. The Balaban J connectivity index is 2.10. The summed E-state index contributed by atoms with van der Waals surface area (Å²) in [5.41, 5.74) is 2.49. The maximum atomic E-state index is 12.9. The van der Waals surface area contributed by atoms with Gasteiger partial charge >= 0.3 is 0 Å². The molecule has 25 heavy (non-hydrogen) atoms. The number of hydrogen-bond acceptors (Lipinski definition) is 4. The zero-order chi connectivity index (χ0) is 17.8. The van der Waals surface area contributed by atoms with Crippen molar-refractivity contribution in [3.05, 3.63) is 100 Å². The number of carbonyl (C=O) groups excluding carboxylic acids is 2. The Morgan fingerprint density at radius 3 is 2.40 bits per heavy atom. The van der Waals surface area contributed by atoms with Crippen LogP contribution in [0.4, 0.5) is 0 Å². The average Bonchev–Trinajstić information content (AvgIpc) is 2.67. The van der Waals surface area contributed by atoms with E-state index in [0.717, 1.165) is 5.56 Å². The van der Waals surface area contributed by atoms with Crippen molar-refractivity contribution in [2.45, 2.75) is 6.92 Å². The maximum Gasteiger partial charge on any atom is 0.212 e. The summed E-state index contributed by atoms with van der Waals surface area (Å²) in [6, 6.07) is 18.9. The van der Waals surface area contributed by atoms with Crippen molar-refractivity contribution >= 4 is 11.6 Å². The first-order valence-corrected chi connectivity index (χ1v) is 7.71. The summed E-state index contributed by atoms with van der Waals surface area (Å²) in [5, 5.41) is 9.01. The SMILES string of the molecule is Cc1ccc(C(=O)c2ccccc2)c(C(=O)c2cc(C#N)ccn2)c1. The van der Waals surface area contributed by atoms with Crippen molar-refractivity contribution in [1.82, 2.24) is 4.98 Å². The molecule has 2 aromatic carbocycles. The third-order valence-electron chi connectivity index (χ3n) is 3.82. The molecule has 1 aromatic heterocycles. The largest absolute Gasteiger partial charge is 0.289 e. The number of aromatic nitrogens is 1. The molecule has 120 valence electrons. The molecule has 0 atom stereocenters. The highest BCUT2D eigenvalue weighted by atomic mass is 16.1. The summed E-state index contributed by atoms with van der Waals surface area (Å²) < 4.78 is 0. The minimum absolute atomic E-state index is 0.145. The molecule has 0 spiro atoms. The molecule has 4 nitrogen and oxygen atoms in total. The first-order chi connectivity index (χ1) is 12.1. The van der Waals surface area contributed by atoms with Crippen molar-refractivity contribution in [1.29, 1.82) is 5.26 Å². The predicted molar refractivity (Wildman–Crippen MR) is 93.4 cm³/mol. The lowest BCUT2D eigenvalue weighted by molar-refractivity contribution is 0.100. The molecule has 0 saturated heterocycles. The van der Waals surface area contributed by atoms with E-state index in [2.05, 4.69) is 4.98 Å². The number of benzene rings is 2. The highest BCUT2D eigenvalue weighted by molar-refractivity contribution is 6.19. The fourth-order valence-corrected chi connectivity index (χ4v) is 2.55. The highest BCUT2D eigenvalue weighted by Crippen LogP contribution is 2.20. The Morgan fingerprint density at radius 2 is 1.68 bits per heavy atom. The van der Waals surface area contributed by atoms with Gasteiger partial charge < -0.3 is 0 Å². The van der Waals surface area contributed by atoms with Gasteiger partial charge in [-0.25, -0.2) is 0 Å². The standard InChI is InChI=1S/C21H14N2O2/c1-14-7-8-17(20(24)16-5-3-2-4-6-16)18(11-14)21(25)19-12-15(13-22)9-10-23-19/h2-12H,1H3. The minimum Gasteiger partial charge on any atom is -0.289 e. The van der Waals surface area contributed by atoms with Crippen LogP contribution in [0.2, 0.25) is 0 Å². The molecule has 0 N–H and O–H groups in total. The van der Waals surface area contributed by atoms with Crippen LogP contribution in [0.15, 0.2) is 66.9 Å². The van der Waals surface area contributed by atoms with Crippen molar-refractivity contribution in [2.24, 2.45) is 0 Å². The van der Waals surface area contributed by atoms with Gasteiger partial charge in [0.2, 0.25) is 5.78 Å². The van der Waals surface area contributed by atoms with E-state index in [1.165, 1.54) is 18.3 Å².